The molecule has 29 heavy (non-hydrogen) atoms. The molecule has 3 fully saturated rings. The SMILES string of the molecule is CCN1CCN(C2CCN(C(=O)c3cccc(S(=O)(=O)N4CCCC4)c3)C2)CC1. The summed E-state index contributed by atoms with van der Waals surface area (Å²) in [6.45, 7) is 10.2. The number of amides is 1. The van der Waals surface area contributed by atoms with Crippen molar-refractivity contribution in [2.24, 2.45) is 0 Å². The van der Waals surface area contributed by atoms with E-state index in [1.54, 1.807) is 24.3 Å². The van der Waals surface area contributed by atoms with Crippen LogP contribution in [-0.2, 0) is 10.0 Å². The predicted octanol–water partition coefficient (Wildman–Crippen LogP) is 1.32. The minimum Gasteiger partial charge on any atom is -0.337 e. The van der Waals surface area contributed by atoms with Gasteiger partial charge in [0.15, 0.2) is 0 Å². The Morgan fingerprint density at radius 2 is 1.76 bits per heavy atom. The van der Waals surface area contributed by atoms with Crippen LogP contribution in [0.15, 0.2) is 29.2 Å². The zero-order valence-electron chi connectivity index (χ0n) is 17.3. The fraction of sp³-hybridized carbons (Fsp3) is 0.667. The fourth-order valence-corrected chi connectivity index (χ4v) is 6.28. The lowest BCUT2D eigenvalue weighted by atomic mass is 10.2. The highest BCUT2D eigenvalue weighted by atomic mass is 32.2. The molecule has 1 aromatic carbocycles. The lowest BCUT2D eigenvalue weighted by Gasteiger charge is -2.37. The van der Waals surface area contributed by atoms with Gasteiger partial charge >= 0.3 is 0 Å². The van der Waals surface area contributed by atoms with Gasteiger partial charge in [-0.15, -0.1) is 0 Å². The zero-order valence-corrected chi connectivity index (χ0v) is 18.1. The monoisotopic (exact) mass is 420 g/mol. The number of carbonyl (C=O) groups is 1. The highest BCUT2D eigenvalue weighted by molar-refractivity contribution is 7.89. The van der Waals surface area contributed by atoms with E-state index >= 15 is 0 Å². The van der Waals surface area contributed by atoms with E-state index in [0.29, 0.717) is 24.7 Å². The molecule has 1 atom stereocenters. The molecule has 8 heteroatoms. The lowest BCUT2D eigenvalue weighted by molar-refractivity contribution is 0.0745. The van der Waals surface area contributed by atoms with Gasteiger partial charge < -0.3 is 9.80 Å². The number of hydrogen-bond acceptors (Lipinski definition) is 5. The average Bonchev–Trinajstić information content (AvgIpc) is 3.46. The topological polar surface area (TPSA) is 64.2 Å². The van der Waals surface area contributed by atoms with E-state index in [9.17, 15) is 13.2 Å². The molecule has 0 bridgehead atoms. The molecule has 160 valence electrons. The van der Waals surface area contributed by atoms with Crippen LogP contribution in [0.25, 0.3) is 0 Å². The Kier molecular flexibility index (Phi) is 6.24. The third-order valence-corrected chi connectivity index (χ3v) is 8.50. The average molecular weight is 421 g/mol. The fourth-order valence-electron chi connectivity index (χ4n) is 4.72. The second-order valence-electron chi connectivity index (χ2n) is 8.30. The summed E-state index contributed by atoms with van der Waals surface area (Å²) in [5.41, 5.74) is 0.474. The first kappa shape index (κ1) is 20.8. The number of likely N-dealkylation sites (N-methyl/N-ethyl adjacent to an activating group) is 1. The van der Waals surface area contributed by atoms with Gasteiger partial charge in [-0.3, -0.25) is 9.69 Å². The number of likely N-dealkylation sites (tertiary alicyclic amines) is 1. The molecule has 4 rings (SSSR count). The van der Waals surface area contributed by atoms with Crippen molar-refractivity contribution in [1.82, 2.24) is 19.0 Å². The zero-order chi connectivity index (χ0) is 20.4. The summed E-state index contributed by atoms with van der Waals surface area (Å²) >= 11 is 0. The molecule has 0 aromatic heterocycles. The molecule has 3 heterocycles. The van der Waals surface area contributed by atoms with Gasteiger partial charge in [-0.25, -0.2) is 8.42 Å². The molecule has 7 nitrogen and oxygen atoms in total. The highest BCUT2D eigenvalue weighted by Crippen LogP contribution is 2.24. The van der Waals surface area contributed by atoms with E-state index in [0.717, 1.165) is 65.1 Å². The second-order valence-corrected chi connectivity index (χ2v) is 10.2. The highest BCUT2D eigenvalue weighted by Gasteiger charge is 2.33. The summed E-state index contributed by atoms with van der Waals surface area (Å²) in [4.78, 5) is 20.2. The predicted molar refractivity (Wildman–Crippen MR) is 112 cm³/mol. The van der Waals surface area contributed by atoms with Crippen molar-refractivity contribution in [2.75, 3.05) is 58.9 Å². The Hall–Kier alpha value is -1.48. The number of hydrogen-bond donors (Lipinski definition) is 0. The summed E-state index contributed by atoms with van der Waals surface area (Å²) in [5.74, 6) is -0.0573. The van der Waals surface area contributed by atoms with E-state index in [1.165, 1.54) is 4.31 Å². The Labute approximate surface area is 174 Å². The third kappa shape index (κ3) is 4.35. The van der Waals surface area contributed by atoms with Gasteiger partial charge in [0, 0.05) is 64.0 Å². The lowest BCUT2D eigenvalue weighted by Crippen LogP contribution is -2.51. The Morgan fingerprint density at radius 3 is 2.45 bits per heavy atom. The number of rotatable bonds is 5. The normalized spacial score (nSPS) is 25.0. The molecular weight excluding hydrogens is 388 g/mol. The van der Waals surface area contributed by atoms with Gasteiger partial charge in [0.2, 0.25) is 10.0 Å². The molecule has 0 spiro atoms. The van der Waals surface area contributed by atoms with Crippen LogP contribution in [-0.4, -0.2) is 98.3 Å². The minimum absolute atomic E-state index is 0.0573. The molecule has 3 aliphatic heterocycles. The summed E-state index contributed by atoms with van der Waals surface area (Å²) in [6, 6.07) is 7.00. The maximum atomic E-state index is 13.1. The summed E-state index contributed by atoms with van der Waals surface area (Å²) in [7, 11) is -3.50. The van der Waals surface area contributed by atoms with Crippen molar-refractivity contribution in [3.8, 4) is 0 Å². The van der Waals surface area contributed by atoms with Crippen LogP contribution >= 0.6 is 0 Å². The Bertz CT molecular complexity index is 830. The van der Waals surface area contributed by atoms with Crippen molar-refractivity contribution >= 4 is 15.9 Å². The van der Waals surface area contributed by atoms with E-state index in [1.807, 2.05) is 4.90 Å². The molecule has 3 saturated heterocycles. The standard InChI is InChI=1S/C21H32N4O3S/c1-2-22-12-14-23(15-13-22)19-8-11-24(17-19)21(26)18-6-5-7-20(16-18)29(27,28)25-9-3-4-10-25/h5-7,16,19H,2-4,8-15,17H2,1H3. The number of nitrogens with zero attached hydrogens (tertiary/aromatic N) is 4. The van der Waals surface area contributed by atoms with E-state index in [-0.39, 0.29) is 10.8 Å². The quantitative estimate of drug-likeness (QED) is 0.719. The van der Waals surface area contributed by atoms with Crippen molar-refractivity contribution in [3.63, 3.8) is 0 Å². The molecule has 0 aliphatic carbocycles. The summed E-state index contributed by atoms with van der Waals surface area (Å²) in [6.07, 6.45) is 2.79. The van der Waals surface area contributed by atoms with Crippen LogP contribution < -0.4 is 0 Å². The van der Waals surface area contributed by atoms with Gasteiger partial charge in [0.25, 0.3) is 5.91 Å². The van der Waals surface area contributed by atoms with Crippen LogP contribution in [0.2, 0.25) is 0 Å². The van der Waals surface area contributed by atoms with Crippen molar-refractivity contribution in [3.05, 3.63) is 29.8 Å². The largest absolute Gasteiger partial charge is 0.337 e. The third-order valence-electron chi connectivity index (χ3n) is 6.60. The molecule has 1 unspecified atom stereocenters. The minimum atomic E-state index is -3.50. The summed E-state index contributed by atoms with van der Waals surface area (Å²) < 4.78 is 27.2. The maximum absolute atomic E-state index is 13.1. The van der Waals surface area contributed by atoms with Crippen LogP contribution in [0.3, 0.4) is 0 Å². The molecule has 0 radical (unpaired) electrons. The van der Waals surface area contributed by atoms with E-state index in [4.69, 9.17) is 0 Å². The van der Waals surface area contributed by atoms with Crippen LogP contribution in [0.5, 0.6) is 0 Å². The molecular formula is C21H32N4O3S. The number of benzene rings is 1. The molecule has 0 N–H and O–H groups in total. The van der Waals surface area contributed by atoms with Crippen LogP contribution in [0.1, 0.15) is 36.5 Å². The van der Waals surface area contributed by atoms with Crippen molar-refractivity contribution in [1.29, 1.82) is 0 Å². The van der Waals surface area contributed by atoms with Gasteiger partial charge in [-0.2, -0.15) is 4.31 Å². The van der Waals surface area contributed by atoms with Crippen LogP contribution in [0.4, 0.5) is 0 Å². The first-order valence-corrected chi connectivity index (χ1v) is 12.3. The van der Waals surface area contributed by atoms with Gasteiger partial charge in [-0.05, 0) is 44.0 Å². The number of piperazine rings is 1. The van der Waals surface area contributed by atoms with Gasteiger partial charge in [0.05, 0.1) is 4.90 Å². The Balaban J connectivity index is 1.41. The molecule has 3 aliphatic rings. The van der Waals surface area contributed by atoms with E-state index in [2.05, 4.69) is 16.7 Å². The maximum Gasteiger partial charge on any atom is 0.253 e. The van der Waals surface area contributed by atoms with Gasteiger partial charge in [0.1, 0.15) is 0 Å². The first-order chi connectivity index (χ1) is 14.0. The van der Waals surface area contributed by atoms with Crippen molar-refractivity contribution < 1.29 is 13.2 Å². The van der Waals surface area contributed by atoms with Crippen molar-refractivity contribution in [2.45, 2.75) is 37.1 Å². The molecule has 1 aromatic rings. The summed E-state index contributed by atoms with van der Waals surface area (Å²) in [5, 5.41) is 0. The van der Waals surface area contributed by atoms with E-state index < -0.39 is 10.0 Å². The number of carbonyl (C=O) groups excluding carboxylic acids is 1. The first-order valence-electron chi connectivity index (χ1n) is 10.8. The van der Waals surface area contributed by atoms with Crippen LogP contribution in [0, 0.1) is 0 Å². The molecule has 0 saturated carbocycles. The smallest absolute Gasteiger partial charge is 0.253 e. The number of sulfonamides is 1. The Morgan fingerprint density at radius 1 is 1.03 bits per heavy atom. The van der Waals surface area contributed by atoms with Gasteiger partial charge in [-0.1, -0.05) is 13.0 Å². The second kappa shape index (κ2) is 8.71. The molecule has 1 amide bonds.